The van der Waals surface area contributed by atoms with E-state index in [-0.39, 0.29) is 18.0 Å². The number of alkyl carbamates (subject to hydrolysis) is 1. The first-order valence-electron chi connectivity index (χ1n) is 8.20. The van der Waals surface area contributed by atoms with Gasteiger partial charge < -0.3 is 15.0 Å². The summed E-state index contributed by atoms with van der Waals surface area (Å²) in [5.74, 6) is 0.540. The average molecular weight is 308 g/mol. The topological polar surface area (TPSA) is 58.6 Å². The zero-order chi connectivity index (χ0) is 16.3. The number of rotatable bonds is 3. The van der Waals surface area contributed by atoms with Crippen molar-refractivity contribution in [1.29, 1.82) is 0 Å². The smallest absolute Gasteiger partial charge is 0.407 e. The van der Waals surface area contributed by atoms with Crippen molar-refractivity contribution < 1.29 is 14.3 Å². The molecule has 22 heavy (non-hydrogen) atoms. The molecule has 5 nitrogen and oxygen atoms in total. The molecule has 1 heterocycles. The van der Waals surface area contributed by atoms with Crippen molar-refractivity contribution in [3.63, 3.8) is 0 Å². The summed E-state index contributed by atoms with van der Waals surface area (Å²) in [4.78, 5) is 25.8. The fourth-order valence-corrected chi connectivity index (χ4v) is 3.28. The third-order valence-electron chi connectivity index (χ3n) is 4.38. The molecule has 1 saturated carbocycles. The number of ether oxygens (including phenoxy) is 1. The van der Waals surface area contributed by atoms with Crippen LogP contribution in [0.25, 0.3) is 0 Å². The lowest BCUT2D eigenvalue weighted by Crippen LogP contribution is -2.45. The maximum atomic E-state index is 12.0. The van der Waals surface area contributed by atoms with Gasteiger partial charge in [-0.15, -0.1) is 6.58 Å². The second-order valence-corrected chi connectivity index (χ2v) is 7.40. The van der Waals surface area contributed by atoms with Gasteiger partial charge in [-0.2, -0.15) is 0 Å². The van der Waals surface area contributed by atoms with Gasteiger partial charge in [-0.3, -0.25) is 4.79 Å². The lowest BCUT2D eigenvalue weighted by Gasteiger charge is -2.35. The number of nitrogens with one attached hydrogen (secondary N) is 1. The molecule has 0 aromatic heterocycles. The van der Waals surface area contributed by atoms with Crippen LogP contribution in [0.2, 0.25) is 0 Å². The second kappa shape index (κ2) is 6.71. The minimum atomic E-state index is -0.469. The van der Waals surface area contributed by atoms with Gasteiger partial charge >= 0.3 is 6.09 Å². The van der Waals surface area contributed by atoms with Gasteiger partial charge in [0.25, 0.3) is 0 Å². The van der Waals surface area contributed by atoms with E-state index in [9.17, 15) is 9.59 Å². The number of hydrogen-bond donors (Lipinski definition) is 1. The molecule has 0 radical (unpaired) electrons. The van der Waals surface area contributed by atoms with Crippen molar-refractivity contribution in [2.24, 2.45) is 5.92 Å². The highest BCUT2D eigenvalue weighted by molar-refractivity contribution is 5.79. The Labute approximate surface area is 133 Å². The van der Waals surface area contributed by atoms with E-state index >= 15 is 0 Å². The summed E-state index contributed by atoms with van der Waals surface area (Å²) < 4.78 is 5.29. The average Bonchev–Trinajstić information content (AvgIpc) is 2.79. The zero-order valence-electron chi connectivity index (χ0n) is 13.9. The quantitative estimate of drug-likeness (QED) is 0.816. The van der Waals surface area contributed by atoms with Gasteiger partial charge in [0.05, 0.1) is 0 Å². The number of hydrogen-bond acceptors (Lipinski definition) is 3. The molecule has 1 N–H and O–H groups in total. The Morgan fingerprint density at radius 3 is 2.45 bits per heavy atom. The molecule has 0 aromatic rings. The molecule has 2 amide bonds. The van der Waals surface area contributed by atoms with Crippen molar-refractivity contribution in [2.45, 2.75) is 70.6 Å². The molecular formula is C17H28N2O3. The summed E-state index contributed by atoms with van der Waals surface area (Å²) in [7, 11) is 0. The maximum Gasteiger partial charge on any atom is 0.407 e. The Morgan fingerprint density at radius 2 is 1.95 bits per heavy atom. The molecule has 1 unspecified atom stereocenters. The van der Waals surface area contributed by atoms with E-state index in [0.29, 0.717) is 18.4 Å². The monoisotopic (exact) mass is 308 g/mol. The summed E-state index contributed by atoms with van der Waals surface area (Å²) in [6.07, 6.45) is 5.80. The van der Waals surface area contributed by atoms with Crippen LogP contribution in [0.4, 0.5) is 4.79 Å². The molecule has 2 fully saturated rings. The number of nitrogens with zero attached hydrogens (tertiary/aromatic N) is 1. The van der Waals surface area contributed by atoms with E-state index in [1.165, 1.54) is 0 Å². The van der Waals surface area contributed by atoms with Crippen molar-refractivity contribution in [1.82, 2.24) is 10.2 Å². The van der Waals surface area contributed by atoms with E-state index in [0.717, 1.165) is 32.2 Å². The van der Waals surface area contributed by atoms with Crippen molar-refractivity contribution >= 4 is 12.0 Å². The summed E-state index contributed by atoms with van der Waals surface area (Å²) in [5.41, 5.74) is -0.469. The van der Waals surface area contributed by atoms with E-state index < -0.39 is 5.60 Å². The van der Waals surface area contributed by atoms with Crippen molar-refractivity contribution in [3.8, 4) is 0 Å². The molecule has 1 saturated heterocycles. The summed E-state index contributed by atoms with van der Waals surface area (Å²) in [6.45, 7) is 10.2. The van der Waals surface area contributed by atoms with E-state index in [1.54, 1.807) is 0 Å². The van der Waals surface area contributed by atoms with E-state index in [1.807, 2.05) is 31.7 Å². The largest absolute Gasteiger partial charge is 0.444 e. The van der Waals surface area contributed by atoms with Crippen LogP contribution in [0.1, 0.15) is 52.9 Å². The van der Waals surface area contributed by atoms with Crippen LogP contribution >= 0.6 is 0 Å². The fraction of sp³-hybridized carbons (Fsp3) is 0.765. The Morgan fingerprint density at radius 1 is 1.32 bits per heavy atom. The molecule has 5 heteroatoms. The lowest BCUT2D eigenvalue weighted by atomic mass is 9.90. The Balaban J connectivity index is 1.77. The summed E-state index contributed by atoms with van der Waals surface area (Å²) in [6, 6.07) is 0.466. The molecule has 1 aliphatic carbocycles. The predicted octanol–water partition coefficient (Wildman–Crippen LogP) is 2.86. The predicted molar refractivity (Wildman–Crippen MR) is 85.4 cm³/mol. The van der Waals surface area contributed by atoms with Crippen LogP contribution in [0.15, 0.2) is 12.7 Å². The van der Waals surface area contributed by atoms with E-state index in [4.69, 9.17) is 4.74 Å². The van der Waals surface area contributed by atoms with Crippen LogP contribution in [0.5, 0.6) is 0 Å². The van der Waals surface area contributed by atoms with Gasteiger partial charge in [-0.1, -0.05) is 6.08 Å². The zero-order valence-corrected chi connectivity index (χ0v) is 13.9. The second-order valence-electron chi connectivity index (χ2n) is 7.40. The molecule has 124 valence electrons. The molecule has 0 aromatic carbocycles. The van der Waals surface area contributed by atoms with Crippen LogP contribution in [-0.4, -0.2) is 41.1 Å². The normalized spacial score (nSPS) is 29.3. The first-order chi connectivity index (χ1) is 10.3. The highest BCUT2D eigenvalue weighted by Crippen LogP contribution is 2.29. The van der Waals surface area contributed by atoms with Crippen molar-refractivity contribution in [3.05, 3.63) is 12.7 Å². The Bertz CT molecular complexity index is 434. The van der Waals surface area contributed by atoms with E-state index in [2.05, 4.69) is 11.9 Å². The third-order valence-corrected chi connectivity index (χ3v) is 4.38. The highest BCUT2D eigenvalue weighted by atomic mass is 16.6. The Hall–Kier alpha value is -1.52. The van der Waals surface area contributed by atoms with Crippen LogP contribution in [0, 0.1) is 5.92 Å². The van der Waals surface area contributed by atoms with Crippen LogP contribution < -0.4 is 5.32 Å². The van der Waals surface area contributed by atoms with Crippen LogP contribution in [-0.2, 0) is 9.53 Å². The number of carbonyl (C=O) groups excluding carboxylic acids is 2. The number of amides is 2. The van der Waals surface area contributed by atoms with Gasteiger partial charge in [-0.05, 0) is 46.5 Å². The highest BCUT2D eigenvalue weighted by Gasteiger charge is 2.35. The van der Waals surface area contributed by atoms with Gasteiger partial charge in [0.1, 0.15) is 5.60 Å². The summed E-state index contributed by atoms with van der Waals surface area (Å²) >= 11 is 0. The Kier molecular flexibility index (Phi) is 5.14. The van der Waals surface area contributed by atoms with Gasteiger partial charge in [0.15, 0.2) is 0 Å². The molecule has 1 aliphatic heterocycles. The van der Waals surface area contributed by atoms with Gasteiger partial charge in [0.2, 0.25) is 5.91 Å². The fourth-order valence-electron chi connectivity index (χ4n) is 3.28. The number of likely N-dealkylation sites (tertiary alicyclic amines) is 1. The molecule has 1 atom stereocenters. The molecule has 2 aliphatic rings. The SMILES string of the molecule is C=CC1CC(=O)N(C2CCC(NC(=O)OC(C)(C)C)CC2)C1. The van der Waals surface area contributed by atoms with Crippen molar-refractivity contribution in [2.75, 3.05) is 6.54 Å². The minimum Gasteiger partial charge on any atom is -0.444 e. The first-order valence-corrected chi connectivity index (χ1v) is 8.20. The molecule has 0 bridgehead atoms. The minimum absolute atomic E-state index is 0.152. The third kappa shape index (κ3) is 4.49. The molecular weight excluding hydrogens is 280 g/mol. The summed E-state index contributed by atoms with van der Waals surface area (Å²) in [5, 5.41) is 2.94. The first kappa shape index (κ1) is 16.8. The lowest BCUT2D eigenvalue weighted by molar-refractivity contribution is -0.130. The molecule has 2 rings (SSSR count). The van der Waals surface area contributed by atoms with Gasteiger partial charge in [-0.25, -0.2) is 4.79 Å². The van der Waals surface area contributed by atoms with Crippen LogP contribution in [0.3, 0.4) is 0 Å². The maximum absolute atomic E-state index is 12.0. The van der Waals surface area contributed by atoms with Gasteiger partial charge in [0, 0.05) is 31.0 Å². The number of carbonyl (C=O) groups is 2. The molecule has 0 spiro atoms. The standard InChI is InChI=1S/C17H28N2O3/c1-5-12-10-15(20)19(11-12)14-8-6-13(7-9-14)18-16(21)22-17(2,3)4/h5,12-14H,1,6-11H2,2-4H3,(H,18,21).